The maximum Gasteiger partial charge on any atom is 0.270 e. The van der Waals surface area contributed by atoms with Crippen molar-refractivity contribution in [1.29, 1.82) is 5.26 Å². The lowest BCUT2D eigenvalue weighted by Crippen LogP contribution is -2.10. The van der Waals surface area contributed by atoms with Crippen molar-refractivity contribution in [3.8, 4) is 6.07 Å². The van der Waals surface area contributed by atoms with E-state index in [-0.39, 0.29) is 10.7 Å². The lowest BCUT2D eigenvalue weighted by molar-refractivity contribution is 1.10. The lowest BCUT2D eigenvalue weighted by Gasteiger charge is -1.87. The van der Waals surface area contributed by atoms with Gasteiger partial charge < -0.3 is 4.98 Å². The van der Waals surface area contributed by atoms with E-state index in [1.54, 1.807) is 6.07 Å². The van der Waals surface area contributed by atoms with Crippen molar-refractivity contribution in [2.24, 2.45) is 0 Å². The molecule has 0 saturated carbocycles. The Morgan fingerprint density at radius 2 is 2.50 bits per heavy atom. The number of nitriles is 1. The zero-order valence-corrected chi connectivity index (χ0v) is 5.51. The average molecular weight is 156 g/mol. The molecule has 10 heavy (non-hydrogen) atoms. The van der Waals surface area contributed by atoms with Crippen LogP contribution in [0.3, 0.4) is 0 Å². The Morgan fingerprint density at radius 1 is 1.80 bits per heavy atom. The zero-order valence-electron chi connectivity index (χ0n) is 4.76. The fraction of sp³-hybridized carbons (Fsp3) is 0. The summed E-state index contributed by atoms with van der Waals surface area (Å²) < 4.78 is 0. The Labute approximate surface area is 61.1 Å². The van der Waals surface area contributed by atoms with Crippen molar-refractivity contribution >= 4 is 11.6 Å². The smallest absolute Gasteiger partial charge is 0.270 e. The summed E-state index contributed by atoms with van der Waals surface area (Å²) in [4.78, 5) is 16.4. The number of aromatic amines is 1. The molecule has 1 N–H and O–H groups in total. The summed E-state index contributed by atoms with van der Waals surface area (Å²) in [7, 11) is 0. The standard InChI is InChI=1S/C5H2ClN3O/c6-4-3(1-7)5(10)9-2-8-4/h2H,(H,8,9,10). The molecular formula is C5H2ClN3O. The highest BCUT2D eigenvalue weighted by Crippen LogP contribution is 2.02. The monoisotopic (exact) mass is 155 g/mol. The third-order valence-electron chi connectivity index (χ3n) is 0.919. The number of halogens is 1. The number of nitrogens with one attached hydrogen (secondary N) is 1. The second-order valence-corrected chi connectivity index (χ2v) is 1.87. The molecule has 0 unspecified atom stereocenters. The molecule has 0 aliphatic rings. The molecule has 50 valence electrons. The largest absolute Gasteiger partial charge is 0.312 e. The summed E-state index contributed by atoms with van der Waals surface area (Å²) in [5.41, 5.74) is -0.660. The number of aromatic nitrogens is 2. The van der Waals surface area contributed by atoms with E-state index in [1.165, 1.54) is 0 Å². The molecule has 0 spiro atoms. The van der Waals surface area contributed by atoms with Crippen LogP contribution in [0.5, 0.6) is 0 Å². The molecule has 0 saturated heterocycles. The topological polar surface area (TPSA) is 69.5 Å². The molecule has 1 rings (SSSR count). The predicted octanol–water partition coefficient (Wildman–Crippen LogP) is 0.295. The molecule has 1 aromatic heterocycles. The Morgan fingerprint density at radius 3 is 2.90 bits per heavy atom. The number of rotatable bonds is 0. The van der Waals surface area contributed by atoms with Crippen LogP contribution in [0.2, 0.25) is 5.15 Å². The van der Waals surface area contributed by atoms with Crippen LogP contribution in [-0.4, -0.2) is 9.97 Å². The minimum atomic E-state index is -0.512. The summed E-state index contributed by atoms with van der Waals surface area (Å²) in [6.07, 6.45) is 1.14. The van der Waals surface area contributed by atoms with Gasteiger partial charge in [0.1, 0.15) is 6.07 Å². The van der Waals surface area contributed by atoms with E-state index in [4.69, 9.17) is 16.9 Å². The van der Waals surface area contributed by atoms with Gasteiger partial charge in [-0.15, -0.1) is 0 Å². The van der Waals surface area contributed by atoms with Crippen molar-refractivity contribution < 1.29 is 0 Å². The summed E-state index contributed by atoms with van der Waals surface area (Å²) in [5, 5.41) is 8.24. The van der Waals surface area contributed by atoms with E-state index in [1.807, 2.05) is 0 Å². The van der Waals surface area contributed by atoms with E-state index >= 15 is 0 Å². The Balaban J connectivity index is 3.50. The van der Waals surface area contributed by atoms with Gasteiger partial charge >= 0.3 is 0 Å². The number of hydrogen-bond donors (Lipinski definition) is 1. The van der Waals surface area contributed by atoms with Gasteiger partial charge in [0.25, 0.3) is 5.56 Å². The van der Waals surface area contributed by atoms with Crippen LogP contribution in [0, 0.1) is 11.3 Å². The van der Waals surface area contributed by atoms with Gasteiger partial charge in [-0.2, -0.15) is 5.26 Å². The number of nitrogens with zero attached hydrogens (tertiary/aromatic N) is 2. The van der Waals surface area contributed by atoms with Gasteiger partial charge in [0, 0.05) is 0 Å². The third kappa shape index (κ3) is 0.993. The Kier molecular flexibility index (Phi) is 1.69. The number of hydrogen-bond acceptors (Lipinski definition) is 3. The molecule has 0 atom stereocenters. The highest BCUT2D eigenvalue weighted by molar-refractivity contribution is 6.30. The molecule has 0 aliphatic heterocycles. The average Bonchev–Trinajstić information content (AvgIpc) is 1.88. The molecular weight excluding hydrogens is 154 g/mol. The normalized spacial score (nSPS) is 8.80. The molecule has 0 amide bonds. The maximum absolute atomic E-state index is 10.7. The molecule has 0 aromatic carbocycles. The van der Waals surface area contributed by atoms with Crippen LogP contribution in [-0.2, 0) is 0 Å². The minimum Gasteiger partial charge on any atom is -0.312 e. The van der Waals surface area contributed by atoms with E-state index < -0.39 is 5.56 Å². The zero-order chi connectivity index (χ0) is 7.56. The van der Waals surface area contributed by atoms with E-state index in [2.05, 4.69) is 9.97 Å². The fourth-order valence-corrected chi connectivity index (χ4v) is 0.652. The molecule has 1 heterocycles. The first-order chi connectivity index (χ1) is 4.75. The van der Waals surface area contributed by atoms with Gasteiger partial charge in [-0.05, 0) is 0 Å². The van der Waals surface area contributed by atoms with Crippen molar-refractivity contribution in [1.82, 2.24) is 9.97 Å². The van der Waals surface area contributed by atoms with Crippen molar-refractivity contribution in [3.63, 3.8) is 0 Å². The van der Waals surface area contributed by atoms with Gasteiger partial charge in [0.05, 0.1) is 6.33 Å². The minimum absolute atomic E-state index is 0.0637. The van der Waals surface area contributed by atoms with Crippen LogP contribution in [0.1, 0.15) is 5.56 Å². The number of H-pyrrole nitrogens is 1. The highest BCUT2D eigenvalue weighted by Gasteiger charge is 2.02. The van der Waals surface area contributed by atoms with E-state index in [0.717, 1.165) is 6.33 Å². The first-order valence-electron chi connectivity index (χ1n) is 2.39. The Hall–Kier alpha value is -1.34. The summed E-state index contributed by atoms with van der Waals surface area (Å²) in [6, 6.07) is 1.63. The third-order valence-corrected chi connectivity index (χ3v) is 1.21. The van der Waals surface area contributed by atoms with Crippen LogP contribution >= 0.6 is 11.6 Å². The molecule has 0 radical (unpaired) electrons. The van der Waals surface area contributed by atoms with Gasteiger partial charge in [-0.25, -0.2) is 4.98 Å². The summed E-state index contributed by atoms with van der Waals surface area (Å²) >= 11 is 5.38. The van der Waals surface area contributed by atoms with Gasteiger partial charge in [0.15, 0.2) is 10.7 Å². The van der Waals surface area contributed by atoms with Crippen LogP contribution < -0.4 is 5.56 Å². The molecule has 4 nitrogen and oxygen atoms in total. The van der Waals surface area contributed by atoms with Gasteiger partial charge in [0.2, 0.25) is 0 Å². The lowest BCUT2D eigenvalue weighted by atomic mass is 10.4. The first-order valence-corrected chi connectivity index (χ1v) is 2.77. The van der Waals surface area contributed by atoms with Crippen LogP contribution in [0.4, 0.5) is 0 Å². The Bertz CT molecular complexity index is 337. The predicted molar refractivity (Wildman–Crippen MR) is 34.6 cm³/mol. The molecule has 1 aromatic rings. The van der Waals surface area contributed by atoms with Crippen molar-refractivity contribution in [2.45, 2.75) is 0 Å². The van der Waals surface area contributed by atoms with Gasteiger partial charge in [-0.3, -0.25) is 4.79 Å². The molecule has 5 heteroatoms. The van der Waals surface area contributed by atoms with E-state index in [9.17, 15) is 4.79 Å². The van der Waals surface area contributed by atoms with Gasteiger partial charge in [-0.1, -0.05) is 11.6 Å². The maximum atomic E-state index is 10.7. The fourth-order valence-electron chi connectivity index (χ4n) is 0.475. The summed E-state index contributed by atoms with van der Waals surface area (Å²) in [6.45, 7) is 0. The van der Waals surface area contributed by atoms with Crippen LogP contribution in [0.15, 0.2) is 11.1 Å². The second-order valence-electron chi connectivity index (χ2n) is 1.51. The molecule has 0 fully saturated rings. The quantitative estimate of drug-likeness (QED) is 0.548. The summed E-state index contributed by atoms with van der Waals surface area (Å²) in [5.74, 6) is 0. The SMILES string of the molecule is N#Cc1c(Cl)nc[nH]c1=O. The second kappa shape index (κ2) is 2.50. The molecule has 0 aliphatic carbocycles. The molecule has 0 bridgehead atoms. The van der Waals surface area contributed by atoms with Crippen molar-refractivity contribution in [3.05, 3.63) is 27.4 Å². The van der Waals surface area contributed by atoms with E-state index in [0.29, 0.717) is 0 Å². The first kappa shape index (κ1) is 6.78. The van der Waals surface area contributed by atoms with Crippen LogP contribution in [0.25, 0.3) is 0 Å². The highest BCUT2D eigenvalue weighted by atomic mass is 35.5. The van der Waals surface area contributed by atoms with Crippen molar-refractivity contribution in [2.75, 3.05) is 0 Å².